The smallest absolute Gasteiger partial charge is 0.255 e. The van der Waals surface area contributed by atoms with Crippen molar-refractivity contribution in [3.05, 3.63) is 64.6 Å². The van der Waals surface area contributed by atoms with Crippen LogP contribution in [0.15, 0.2) is 42.3 Å². The zero-order chi connectivity index (χ0) is 45.9. The van der Waals surface area contributed by atoms with Gasteiger partial charge in [0.15, 0.2) is 0 Å². The average Bonchev–Trinajstić information content (AvgIpc) is 3.26. The number of nitrogens with zero attached hydrogens (tertiary/aromatic N) is 2. The van der Waals surface area contributed by atoms with Gasteiger partial charge in [0.1, 0.15) is 18.3 Å². The summed E-state index contributed by atoms with van der Waals surface area (Å²) in [5.74, 6) is -7.59. The summed E-state index contributed by atoms with van der Waals surface area (Å²) in [4.78, 5) is 38.0. The van der Waals surface area contributed by atoms with Gasteiger partial charge >= 0.3 is 0 Å². The maximum atomic E-state index is 13.9. The van der Waals surface area contributed by atoms with Crippen LogP contribution in [0.1, 0.15) is 75.4 Å². The van der Waals surface area contributed by atoms with Crippen LogP contribution in [-0.4, -0.2) is 59.7 Å². The fourth-order valence-electron chi connectivity index (χ4n) is 2.57. The number of carbonyl (C=O) groups is 3. The van der Waals surface area contributed by atoms with Crippen LogP contribution in [0.4, 0.5) is 0 Å². The van der Waals surface area contributed by atoms with Crippen molar-refractivity contribution in [1.29, 1.82) is 0 Å². The van der Waals surface area contributed by atoms with E-state index in [2.05, 4.69) is 4.74 Å². The van der Waals surface area contributed by atoms with Gasteiger partial charge in [0.25, 0.3) is 5.91 Å². The lowest BCUT2D eigenvalue weighted by atomic mass is 10.0. The molecule has 0 radical (unpaired) electrons. The van der Waals surface area contributed by atoms with Crippen LogP contribution in [0, 0.1) is 0 Å². The molecule has 172 valence electrons. The summed E-state index contributed by atoms with van der Waals surface area (Å²) in [5, 5.41) is 1.32. The number of nitrogens with one attached hydrogen (secondary N) is 1. The summed E-state index contributed by atoms with van der Waals surface area (Å²) >= 11 is 0. The second-order valence-corrected chi connectivity index (χ2v) is 6.02. The molecular formula is C25H27N3O5. The van der Waals surface area contributed by atoms with Crippen LogP contribution in [0.3, 0.4) is 0 Å². The third kappa shape index (κ3) is 4.62. The van der Waals surface area contributed by atoms with E-state index in [4.69, 9.17) is 40.4 Å². The lowest BCUT2D eigenvalue weighted by Gasteiger charge is -2.29. The van der Waals surface area contributed by atoms with Gasteiger partial charge in [0, 0.05) is 50.7 Å². The molecule has 0 spiro atoms. The second-order valence-electron chi connectivity index (χ2n) is 6.02. The number of ether oxygens (including phenoxy) is 2. The Balaban J connectivity index is 1.73. The van der Waals surface area contributed by atoms with Gasteiger partial charge in [-0.3, -0.25) is 24.6 Å². The van der Waals surface area contributed by atoms with E-state index in [0.717, 1.165) is 0 Å². The van der Waals surface area contributed by atoms with Gasteiger partial charge in [-0.05, 0) is 29.6 Å². The standard InChI is InChI=1S/C25H27N3O5/c29-23-9-8-21(24(30)26-23)28-15-20-19(25(28)31)2-1-3-22(20)33-16-18-6-4-17(5-7-18)14-27-10-12-32-13-11-27/h1-7,21H,8-16H2,(H,26,29,30)/i1D,2D,3D,4D,5D,6D,7D,8D2,9D2,10D2,11D2,12D2,13D2,14D2,15D2,16D2,21D. The average molecular weight is 476 g/mol. The Morgan fingerprint density at radius 2 is 1.91 bits per heavy atom. The summed E-state index contributed by atoms with van der Waals surface area (Å²) in [6.45, 7) is -27.6. The molecule has 0 aromatic heterocycles. The van der Waals surface area contributed by atoms with E-state index in [9.17, 15) is 14.4 Å². The molecule has 3 amide bonds. The molecule has 3 aliphatic rings. The molecule has 8 heteroatoms. The third-order valence-electron chi connectivity index (χ3n) is 3.96. The minimum absolute atomic E-state index is 0.566. The van der Waals surface area contributed by atoms with E-state index in [1.165, 1.54) is 5.32 Å². The first kappa shape index (κ1) is 6.90. The van der Waals surface area contributed by atoms with Gasteiger partial charge in [-0.1, -0.05) is 30.2 Å². The quantitative estimate of drug-likeness (QED) is 0.642. The Bertz CT molecular complexity index is 2190. The Kier molecular flexibility index (Phi) is 1.95. The van der Waals surface area contributed by atoms with Crippen molar-refractivity contribution >= 4 is 17.7 Å². The Labute approximate surface area is 229 Å². The highest BCUT2D eigenvalue weighted by molar-refractivity contribution is 6.05. The number of fused-ring (bicyclic) bond motifs is 1. The van der Waals surface area contributed by atoms with Crippen LogP contribution >= 0.6 is 0 Å². The van der Waals surface area contributed by atoms with E-state index in [0.29, 0.717) is 0 Å². The largest absolute Gasteiger partial charge is 0.489 e. The van der Waals surface area contributed by atoms with Crippen molar-refractivity contribution in [1.82, 2.24) is 15.1 Å². The van der Waals surface area contributed by atoms with Crippen LogP contribution in [0.2, 0.25) is 0 Å². The summed E-state index contributed by atoms with van der Waals surface area (Å²) < 4.78 is 227. The van der Waals surface area contributed by atoms with E-state index < -0.39 is 162 Å². The molecule has 3 aliphatic heterocycles. The molecule has 2 aromatic carbocycles. The molecule has 3 heterocycles. The summed E-state index contributed by atoms with van der Waals surface area (Å²) in [5.41, 5.74) is -5.99. The van der Waals surface area contributed by atoms with Gasteiger partial charge in [0.2, 0.25) is 11.8 Å². The van der Waals surface area contributed by atoms with Crippen LogP contribution in [0.5, 0.6) is 5.75 Å². The van der Waals surface area contributed by atoms with Crippen molar-refractivity contribution in [2.24, 2.45) is 0 Å². The molecule has 0 saturated carbocycles. The third-order valence-corrected chi connectivity index (χ3v) is 3.96. The van der Waals surface area contributed by atoms with Crippen LogP contribution in [-0.2, 0) is 33.9 Å². The van der Waals surface area contributed by atoms with Crippen molar-refractivity contribution in [2.45, 2.75) is 38.3 Å². The molecule has 0 bridgehead atoms. The minimum atomic E-state index is -4.11. The SMILES string of the molecule is [2H]c1c([2H])c(OC([2H])([2H])c2c([2H])c([2H])c(C([2H])([2H])N3C([2H])([2H])C([2H])([2H])OC([2H])([2H])C3([2H])[2H])c([2H])c2[2H])c2c(c1[2H])C(=O)N(C1([2H])C(=O)NC(=O)C([2H])([2H])C1([2H])[2H])C2([2H])[2H]. The lowest BCUT2D eigenvalue weighted by molar-refractivity contribution is -0.136. The number of hydrogen-bond acceptors (Lipinski definition) is 6. The zero-order valence-corrected chi connectivity index (χ0v) is 15.9. The van der Waals surface area contributed by atoms with Gasteiger partial charge in [-0.2, -0.15) is 0 Å². The summed E-state index contributed by atoms with van der Waals surface area (Å²) in [6.07, 6.45) is -7.94. The van der Waals surface area contributed by atoms with Gasteiger partial charge in [0.05, 0.1) is 41.5 Å². The van der Waals surface area contributed by atoms with E-state index in [1.807, 2.05) is 0 Å². The lowest BCUT2D eigenvalue weighted by Crippen LogP contribution is -2.52. The van der Waals surface area contributed by atoms with Crippen molar-refractivity contribution in [3.63, 3.8) is 0 Å². The normalized spacial score (nSPS) is 46.4. The first-order chi connectivity index (χ1) is 26.1. The maximum absolute atomic E-state index is 13.9. The summed E-state index contributed by atoms with van der Waals surface area (Å²) in [6, 6.07) is -14.7. The highest BCUT2D eigenvalue weighted by atomic mass is 16.5. The van der Waals surface area contributed by atoms with Gasteiger partial charge < -0.3 is 14.4 Å². The maximum Gasteiger partial charge on any atom is 0.255 e. The molecule has 1 N–H and O–H groups in total. The highest BCUT2D eigenvalue weighted by Gasteiger charge is 2.40. The zero-order valence-electron chi connectivity index (χ0n) is 41.9. The molecule has 0 aliphatic carbocycles. The number of hydrogen-bond donors (Lipinski definition) is 1. The van der Waals surface area contributed by atoms with Gasteiger partial charge in [-0.25, -0.2) is 0 Å². The summed E-state index contributed by atoms with van der Waals surface area (Å²) in [7, 11) is 0. The number of benzene rings is 2. The van der Waals surface area contributed by atoms with Crippen molar-refractivity contribution in [2.75, 3.05) is 26.1 Å². The first-order valence-electron chi connectivity index (χ1n) is 21.8. The van der Waals surface area contributed by atoms with Crippen molar-refractivity contribution < 1.29 is 59.5 Å². The van der Waals surface area contributed by atoms with E-state index in [-0.39, 0.29) is 0 Å². The van der Waals surface area contributed by atoms with Crippen molar-refractivity contribution in [3.8, 4) is 5.75 Å². The van der Waals surface area contributed by atoms with E-state index >= 15 is 0 Å². The second kappa shape index (κ2) is 9.33. The number of amides is 3. The fraction of sp³-hybridized carbons (Fsp3) is 0.400. The number of piperidine rings is 1. The predicted octanol–water partition coefficient (Wildman–Crippen LogP) is 1.86. The fourth-order valence-corrected chi connectivity index (χ4v) is 2.57. The molecule has 2 fully saturated rings. The van der Waals surface area contributed by atoms with E-state index in [1.54, 1.807) is 0 Å². The first-order valence-corrected chi connectivity index (χ1v) is 8.77. The highest BCUT2D eigenvalue weighted by Crippen LogP contribution is 2.34. The number of carbonyl (C=O) groups excluding carboxylic acids is 3. The topological polar surface area (TPSA) is 88.2 Å². The molecule has 2 aromatic rings. The van der Waals surface area contributed by atoms with Crippen LogP contribution < -0.4 is 10.1 Å². The number of rotatable bonds is 6. The predicted molar refractivity (Wildman–Crippen MR) is 119 cm³/mol. The molecule has 1 unspecified atom stereocenters. The molecular weight excluding hydrogens is 422 g/mol. The number of imide groups is 1. The van der Waals surface area contributed by atoms with Crippen LogP contribution in [0.25, 0.3) is 0 Å². The molecule has 2 saturated heterocycles. The molecule has 5 rings (SSSR count). The van der Waals surface area contributed by atoms with Gasteiger partial charge in [-0.15, -0.1) is 0 Å². The Morgan fingerprint density at radius 3 is 2.70 bits per heavy atom. The molecule has 1 atom stereocenters. The molecule has 8 nitrogen and oxygen atoms in total. The monoisotopic (exact) mass is 475 g/mol. The molecule has 33 heavy (non-hydrogen) atoms. The Hall–Kier alpha value is -3.23. The minimum Gasteiger partial charge on any atom is -0.489 e. The number of morpholine rings is 1. The Morgan fingerprint density at radius 1 is 1.15 bits per heavy atom.